The van der Waals surface area contributed by atoms with Crippen molar-refractivity contribution in [3.8, 4) is 0 Å². The van der Waals surface area contributed by atoms with Crippen LogP contribution in [0.4, 0.5) is 4.39 Å². The van der Waals surface area contributed by atoms with Crippen molar-refractivity contribution in [3.05, 3.63) is 0 Å². The van der Waals surface area contributed by atoms with Crippen LogP contribution in [0.1, 0.15) is 13.8 Å². The van der Waals surface area contributed by atoms with Crippen LogP contribution in [0.15, 0.2) is 0 Å². The van der Waals surface area contributed by atoms with Crippen molar-refractivity contribution in [1.29, 1.82) is 0 Å². The molecule has 0 saturated heterocycles. The van der Waals surface area contributed by atoms with Gasteiger partial charge in [-0.1, -0.05) is 0 Å². The minimum atomic E-state index is -3.99. The number of ether oxygens (including phenoxy) is 1. The molecular formula is C8H18FO7PS. The molecule has 0 aromatic heterocycles. The third-order valence-electron chi connectivity index (χ3n) is 1.50. The van der Waals surface area contributed by atoms with Gasteiger partial charge in [-0.25, -0.2) is 4.39 Å². The van der Waals surface area contributed by atoms with Crippen LogP contribution in [0.2, 0.25) is 0 Å². The Balaban J connectivity index is 4.19. The van der Waals surface area contributed by atoms with E-state index in [0.717, 1.165) is 6.26 Å². The normalized spacial score (nSPS) is 14.7. The van der Waals surface area contributed by atoms with Crippen LogP contribution in [0.25, 0.3) is 0 Å². The fraction of sp³-hybridized carbons (Fsp3) is 1.00. The van der Waals surface area contributed by atoms with Gasteiger partial charge < -0.3 is 13.8 Å². The van der Waals surface area contributed by atoms with E-state index in [9.17, 15) is 17.4 Å². The molecule has 0 aliphatic heterocycles. The number of hydrogen-bond acceptors (Lipinski definition) is 7. The summed E-state index contributed by atoms with van der Waals surface area (Å²) in [6.45, 7) is 2.30. The van der Waals surface area contributed by atoms with Crippen LogP contribution < -0.4 is 0 Å². The van der Waals surface area contributed by atoms with Crippen molar-refractivity contribution in [1.82, 2.24) is 0 Å². The van der Waals surface area contributed by atoms with Crippen molar-refractivity contribution >= 4 is 17.7 Å². The van der Waals surface area contributed by atoms with E-state index in [1.165, 1.54) is 13.8 Å². The number of halogens is 1. The maximum atomic E-state index is 13.5. The van der Waals surface area contributed by atoms with Crippen LogP contribution in [-0.4, -0.2) is 47.2 Å². The molecular weight excluding hydrogens is 290 g/mol. The molecule has 0 rings (SSSR count). The molecule has 0 heterocycles. The highest BCUT2D eigenvalue weighted by Gasteiger charge is 2.36. The third-order valence-corrected chi connectivity index (χ3v) is 3.98. The molecule has 0 amide bonds. The molecule has 0 bridgehead atoms. The van der Waals surface area contributed by atoms with Gasteiger partial charge in [-0.2, -0.15) is 8.42 Å². The minimum absolute atomic E-state index is 0.000890. The molecule has 0 aliphatic rings. The summed E-state index contributed by atoms with van der Waals surface area (Å²) in [4.78, 5) is 0. The molecule has 0 fully saturated rings. The molecule has 0 aromatic rings. The quantitative estimate of drug-likeness (QED) is 0.343. The predicted octanol–water partition coefficient (Wildman–Crippen LogP) is 1.50. The van der Waals surface area contributed by atoms with E-state index in [0.29, 0.717) is 0 Å². The zero-order valence-electron chi connectivity index (χ0n) is 10.5. The molecule has 0 radical (unpaired) electrons. The Hall–Kier alpha value is -0.0500. The van der Waals surface area contributed by atoms with Gasteiger partial charge in [0.2, 0.25) is 0 Å². The summed E-state index contributed by atoms with van der Waals surface area (Å²) in [5, 5.41) is 0. The molecule has 0 aromatic carbocycles. The summed E-state index contributed by atoms with van der Waals surface area (Å²) in [6.07, 6.45) is -1.42. The molecule has 0 N–H and O–H groups in total. The number of hydrogen-bond donors (Lipinski definition) is 0. The second kappa shape index (κ2) is 8.19. The Kier molecular flexibility index (Phi) is 8.16. The van der Waals surface area contributed by atoms with Gasteiger partial charge in [0.05, 0.1) is 32.7 Å². The zero-order chi connectivity index (χ0) is 14.2. The van der Waals surface area contributed by atoms with Crippen LogP contribution in [0.5, 0.6) is 0 Å². The highest BCUT2D eigenvalue weighted by Crippen LogP contribution is 2.53. The largest absolute Gasteiger partial charge is 0.391 e. The van der Waals surface area contributed by atoms with Gasteiger partial charge in [0.1, 0.15) is 0 Å². The fourth-order valence-corrected chi connectivity index (χ4v) is 2.62. The average molecular weight is 308 g/mol. The summed E-state index contributed by atoms with van der Waals surface area (Å²) >= 11 is 0. The lowest BCUT2D eigenvalue weighted by Gasteiger charge is -2.20. The molecule has 0 saturated carbocycles. The summed E-state index contributed by atoms with van der Waals surface area (Å²) in [7, 11) is -7.60. The second-order valence-electron chi connectivity index (χ2n) is 3.06. The van der Waals surface area contributed by atoms with Crippen molar-refractivity contribution in [2.24, 2.45) is 0 Å². The van der Waals surface area contributed by atoms with Gasteiger partial charge >= 0.3 is 13.7 Å². The minimum Gasteiger partial charge on any atom is -0.336 e. The molecule has 10 heteroatoms. The Morgan fingerprint density at radius 1 is 1.17 bits per heavy atom. The summed E-state index contributed by atoms with van der Waals surface area (Å²) in [5.74, 6) is 0. The molecule has 1 unspecified atom stereocenters. The second-order valence-corrected chi connectivity index (χ2v) is 6.71. The maximum Gasteiger partial charge on any atom is 0.391 e. The molecule has 110 valence electrons. The Morgan fingerprint density at radius 3 is 2.06 bits per heavy atom. The summed E-state index contributed by atoms with van der Waals surface area (Å²) in [5.41, 5.74) is 0. The summed E-state index contributed by atoms with van der Waals surface area (Å²) < 4.78 is 64.8. The van der Waals surface area contributed by atoms with Crippen LogP contribution in [0.3, 0.4) is 0 Å². The highest BCUT2D eigenvalue weighted by atomic mass is 32.2. The molecule has 18 heavy (non-hydrogen) atoms. The van der Waals surface area contributed by atoms with Crippen molar-refractivity contribution in [2.45, 2.75) is 19.9 Å². The van der Waals surface area contributed by atoms with Crippen LogP contribution in [0, 0.1) is 0 Å². The number of rotatable bonds is 10. The van der Waals surface area contributed by atoms with Gasteiger partial charge in [0.15, 0.2) is 0 Å². The van der Waals surface area contributed by atoms with E-state index >= 15 is 0 Å². The van der Waals surface area contributed by atoms with Gasteiger partial charge in [0.25, 0.3) is 10.1 Å². The molecule has 1 atom stereocenters. The van der Waals surface area contributed by atoms with Crippen molar-refractivity contribution in [2.75, 3.05) is 32.7 Å². The van der Waals surface area contributed by atoms with Gasteiger partial charge in [-0.15, -0.1) is 0 Å². The Bertz CT molecular complexity index is 362. The van der Waals surface area contributed by atoms with E-state index in [2.05, 4.69) is 8.92 Å². The zero-order valence-corrected chi connectivity index (χ0v) is 12.2. The molecule has 0 aliphatic carbocycles. The average Bonchev–Trinajstić information content (AvgIpc) is 2.23. The maximum absolute atomic E-state index is 13.5. The van der Waals surface area contributed by atoms with Gasteiger partial charge in [-0.3, -0.25) is 8.75 Å². The third kappa shape index (κ3) is 7.40. The Labute approximate surface area is 106 Å². The smallest absolute Gasteiger partial charge is 0.336 e. The van der Waals surface area contributed by atoms with Gasteiger partial charge in [-0.05, 0) is 13.8 Å². The lowest BCUT2D eigenvalue weighted by Crippen LogP contribution is -2.16. The SMILES string of the molecule is CCOP(=O)(OCC)C(F)OCCOS(C)(=O)=O. The van der Waals surface area contributed by atoms with Crippen molar-refractivity contribution < 1.29 is 35.3 Å². The van der Waals surface area contributed by atoms with Crippen LogP contribution >= 0.6 is 7.60 Å². The summed E-state index contributed by atoms with van der Waals surface area (Å²) in [6, 6.07) is 0. The highest BCUT2D eigenvalue weighted by molar-refractivity contribution is 7.85. The van der Waals surface area contributed by atoms with E-state index < -0.39 is 30.4 Å². The van der Waals surface area contributed by atoms with E-state index in [4.69, 9.17) is 9.05 Å². The molecule has 7 nitrogen and oxygen atoms in total. The lowest BCUT2D eigenvalue weighted by atomic mass is 10.8. The first-order valence-corrected chi connectivity index (χ1v) is 8.67. The van der Waals surface area contributed by atoms with Crippen molar-refractivity contribution in [3.63, 3.8) is 0 Å². The standard InChI is InChI=1S/C8H18FO7PS/c1-4-14-17(10,15-5-2)8(9)13-6-7-16-18(3,11)12/h8H,4-7H2,1-3H3. The van der Waals surface area contributed by atoms with E-state index in [-0.39, 0.29) is 19.8 Å². The van der Waals surface area contributed by atoms with Crippen LogP contribution in [-0.2, 0) is 32.7 Å². The first-order valence-electron chi connectivity index (χ1n) is 5.24. The number of alkyl halides is 1. The fourth-order valence-electron chi connectivity index (χ4n) is 0.936. The monoisotopic (exact) mass is 308 g/mol. The predicted molar refractivity (Wildman–Crippen MR) is 62.5 cm³/mol. The molecule has 0 spiro atoms. The van der Waals surface area contributed by atoms with E-state index in [1.54, 1.807) is 0 Å². The lowest BCUT2D eigenvalue weighted by molar-refractivity contribution is -0.0163. The first-order chi connectivity index (χ1) is 8.25. The Morgan fingerprint density at radius 2 is 1.67 bits per heavy atom. The van der Waals surface area contributed by atoms with E-state index in [1.807, 2.05) is 0 Å². The topological polar surface area (TPSA) is 88.1 Å². The van der Waals surface area contributed by atoms with Gasteiger partial charge in [0, 0.05) is 0 Å². The first kappa shape index (κ1) is 17.9.